The fraction of sp³-hybridized carbons (Fsp3) is 0.385. The van der Waals surface area contributed by atoms with E-state index < -0.39 is 17.4 Å². The zero-order valence-electron chi connectivity index (χ0n) is 10.9. The van der Waals surface area contributed by atoms with Gasteiger partial charge < -0.3 is 11.1 Å². The van der Waals surface area contributed by atoms with E-state index in [0.717, 1.165) is 4.90 Å². The van der Waals surface area contributed by atoms with Crippen LogP contribution in [-0.4, -0.2) is 22.4 Å². The molecule has 0 spiro atoms. The average molecular weight is 265 g/mol. The Morgan fingerprint density at radius 1 is 1.42 bits per heavy atom. The van der Waals surface area contributed by atoms with Gasteiger partial charge in [-0.25, -0.2) is 9.18 Å². The molecule has 2 rings (SSSR count). The van der Waals surface area contributed by atoms with Gasteiger partial charge in [0.05, 0.1) is 12.2 Å². The van der Waals surface area contributed by atoms with Crippen molar-refractivity contribution >= 4 is 17.6 Å². The van der Waals surface area contributed by atoms with Crippen LogP contribution in [0.25, 0.3) is 0 Å². The Morgan fingerprint density at radius 3 is 2.68 bits per heavy atom. The number of nitrogens with one attached hydrogen (secondary N) is 1. The third-order valence-electron chi connectivity index (χ3n) is 3.49. The van der Waals surface area contributed by atoms with Crippen LogP contribution in [0.15, 0.2) is 18.2 Å². The molecule has 1 aliphatic rings. The number of hydrogen-bond acceptors (Lipinski definition) is 3. The molecule has 1 saturated heterocycles. The number of rotatable bonds is 3. The van der Waals surface area contributed by atoms with Crippen molar-refractivity contribution in [1.82, 2.24) is 10.2 Å². The number of nitrogen functional groups attached to an aromatic ring is 1. The molecule has 0 saturated carbocycles. The quantitative estimate of drug-likeness (QED) is 0.644. The van der Waals surface area contributed by atoms with Crippen molar-refractivity contribution in [1.29, 1.82) is 0 Å². The van der Waals surface area contributed by atoms with Crippen LogP contribution in [0.5, 0.6) is 0 Å². The first-order valence-electron chi connectivity index (χ1n) is 6.06. The van der Waals surface area contributed by atoms with E-state index in [4.69, 9.17) is 5.73 Å². The van der Waals surface area contributed by atoms with Gasteiger partial charge in [-0.15, -0.1) is 0 Å². The second kappa shape index (κ2) is 4.53. The first-order valence-corrected chi connectivity index (χ1v) is 6.06. The maximum atomic E-state index is 13.8. The largest absolute Gasteiger partial charge is 0.396 e. The van der Waals surface area contributed by atoms with E-state index in [9.17, 15) is 14.0 Å². The average Bonchev–Trinajstić information content (AvgIpc) is 2.59. The van der Waals surface area contributed by atoms with Crippen LogP contribution in [-0.2, 0) is 11.3 Å². The zero-order chi connectivity index (χ0) is 14.2. The number of nitrogens with two attached hydrogens (primary N) is 1. The maximum absolute atomic E-state index is 13.8. The van der Waals surface area contributed by atoms with E-state index in [1.807, 2.05) is 6.92 Å². The van der Waals surface area contributed by atoms with Crippen molar-refractivity contribution in [2.45, 2.75) is 32.4 Å². The molecule has 3 amide bonds. The number of halogens is 1. The molecule has 3 N–H and O–H groups in total. The van der Waals surface area contributed by atoms with E-state index in [0.29, 0.717) is 6.42 Å². The zero-order valence-corrected chi connectivity index (χ0v) is 10.9. The summed E-state index contributed by atoms with van der Waals surface area (Å²) in [5.41, 5.74) is 4.78. The Labute approximate surface area is 110 Å². The lowest BCUT2D eigenvalue weighted by atomic mass is 9.99. The van der Waals surface area contributed by atoms with Crippen molar-refractivity contribution < 1.29 is 14.0 Å². The number of hydrogen-bond donors (Lipinski definition) is 2. The molecule has 0 aliphatic carbocycles. The van der Waals surface area contributed by atoms with Crippen LogP contribution in [0.2, 0.25) is 0 Å². The van der Waals surface area contributed by atoms with Crippen LogP contribution < -0.4 is 11.1 Å². The third-order valence-corrected chi connectivity index (χ3v) is 3.49. The first kappa shape index (κ1) is 13.3. The molecule has 1 fully saturated rings. The molecule has 6 heteroatoms. The van der Waals surface area contributed by atoms with E-state index >= 15 is 0 Å². The van der Waals surface area contributed by atoms with Gasteiger partial charge in [0.25, 0.3) is 5.91 Å². The van der Waals surface area contributed by atoms with Crippen molar-refractivity contribution in [3.63, 3.8) is 0 Å². The van der Waals surface area contributed by atoms with Gasteiger partial charge in [0.2, 0.25) is 0 Å². The minimum atomic E-state index is -0.909. The minimum Gasteiger partial charge on any atom is -0.396 e. The molecule has 0 bridgehead atoms. The lowest BCUT2D eigenvalue weighted by molar-refractivity contribution is -0.131. The Balaban J connectivity index is 2.27. The Hall–Kier alpha value is -2.11. The number of anilines is 1. The molecule has 5 nitrogen and oxygen atoms in total. The van der Waals surface area contributed by atoms with Gasteiger partial charge in [0.1, 0.15) is 5.54 Å². The molecule has 0 radical (unpaired) electrons. The number of nitrogens with zero attached hydrogens (tertiary/aromatic N) is 1. The molecular weight excluding hydrogens is 249 g/mol. The summed E-state index contributed by atoms with van der Waals surface area (Å²) in [5.74, 6) is -0.935. The van der Waals surface area contributed by atoms with Crippen molar-refractivity contribution in [3.05, 3.63) is 29.6 Å². The Bertz CT molecular complexity index is 547. The van der Waals surface area contributed by atoms with Gasteiger partial charge in [-0.3, -0.25) is 9.69 Å². The summed E-state index contributed by atoms with van der Waals surface area (Å²) in [6, 6.07) is 4.02. The lowest BCUT2D eigenvalue weighted by Gasteiger charge is -2.19. The summed E-state index contributed by atoms with van der Waals surface area (Å²) >= 11 is 0. The topological polar surface area (TPSA) is 75.4 Å². The lowest BCUT2D eigenvalue weighted by Crippen LogP contribution is -2.43. The van der Waals surface area contributed by atoms with Crippen LogP contribution in [0.1, 0.15) is 25.8 Å². The highest BCUT2D eigenvalue weighted by atomic mass is 19.1. The van der Waals surface area contributed by atoms with Crippen molar-refractivity contribution in [2.24, 2.45) is 0 Å². The Morgan fingerprint density at radius 2 is 2.11 bits per heavy atom. The number of benzene rings is 1. The summed E-state index contributed by atoms with van der Waals surface area (Å²) < 4.78 is 13.8. The van der Waals surface area contributed by atoms with E-state index in [1.165, 1.54) is 12.1 Å². The fourth-order valence-electron chi connectivity index (χ4n) is 2.02. The monoisotopic (exact) mass is 265 g/mol. The smallest absolute Gasteiger partial charge is 0.325 e. The maximum Gasteiger partial charge on any atom is 0.325 e. The predicted molar refractivity (Wildman–Crippen MR) is 68.6 cm³/mol. The molecule has 1 aromatic rings. The van der Waals surface area contributed by atoms with Crippen molar-refractivity contribution in [2.75, 3.05) is 5.73 Å². The van der Waals surface area contributed by atoms with Gasteiger partial charge in [-0.05, 0) is 19.4 Å². The molecule has 1 aromatic carbocycles. The standard InChI is InChI=1S/C13H16FN3O2/c1-3-13(2)11(18)17(12(19)16-13)7-8-5-4-6-9(15)10(8)14/h4-6H,3,7,15H2,1-2H3,(H,16,19). The molecule has 1 aliphatic heterocycles. The fourth-order valence-corrected chi connectivity index (χ4v) is 2.02. The first-order chi connectivity index (χ1) is 8.89. The summed E-state index contributed by atoms with van der Waals surface area (Å²) in [4.78, 5) is 25.0. The second-order valence-electron chi connectivity index (χ2n) is 4.83. The highest BCUT2D eigenvalue weighted by Crippen LogP contribution is 2.24. The second-order valence-corrected chi connectivity index (χ2v) is 4.83. The SMILES string of the molecule is CCC1(C)NC(=O)N(Cc2cccc(N)c2F)C1=O. The van der Waals surface area contributed by atoms with Gasteiger partial charge >= 0.3 is 6.03 Å². The van der Waals surface area contributed by atoms with Gasteiger partial charge in [0, 0.05) is 5.56 Å². The highest BCUT2D eigenvalue weighted by Gasteiger charge is 2.46. The number of urea groups is 1. The third kappa shape index (κ3) is 2.14. The Kier molecular flexibility index (Phi) is 3.18. The number of amides is 3. The summed E-state index contributed by atoms with van der Waals surface area (Å²) in [6.45, 7) is 3.35. The summed E-state index contributed by atoms with van der Waals surface area (Å²) in [5, 5.41) is 2.62. The molecule has 1 atom stereocenters. The van der Waals surface area contributed by atoms with Crippen LogP contribution in [0.4, 0.5) is 14.9 Å². The van der Waals surface area contributed by atoms with Crippen molar-refractivity contribution in [3.8, 4) is 0 Å². The van der Waals surface area contributed by atoms with Crippen LogP contribution >= 0.6 is 0 Å². The number of imide groups is 1. The molecular formula is C13H16FN3O2. The number of carbonyl (C=O) groups is 2. The normalized spacial score (nSPS) is 22.8. The van der Waals surface area contributed by atoms with Gasteiger partial charge in [-0.1, -0.05) is 19.1 Å². The molecule has 102 valence electrons. The van der Waals surface area contributed by atoms with Gasteiger partial charge in [0.15, 0.2) is 5.82 Å². The summed E-state index contributed by atoms with van der Waals surface area (Å²) in [6.07, 6.45) is 0.480. The molecule has 1 unspecified atom stereocenters. The number of carbonyl (C=O) groups excluding carboxylic acids is 2. The van der Waals surface area contributed by atoms with E-state index in [-0.39, 0.29) is 23.7 Å². The van der Waals surface area contributed by atoms with Crippen LogP contribution in [0.3, 0.4) is 0 Å². The predicted octanol–water partition coefficient (Wildman–Crippen LogP) is 1.63. The van der Waals surface area contributed by atoms with Crippen LogP contribution in [0, 0.1) is 5.82 Å². The molecule has 1 heterocycles. The van der Waals surface area contributed by atoms with Gasteiger partial charge in [-0.2, -0.15) is 0 Å². The summed E-state index contributed by atoms with van der Waals surface area (Å²) in [7, 11) is 0. The minimum absolute atomic E-state index is 0.00260. The molecule has 0 aromatic heterocycles. The highest BCUT2D eigenvalue weighted by molar-refractivity contribution is 6.06. The molecule has 19 heavy (non-hydrogen) atoms. The van der Waals surface area contributed by atoms with E-state index in [1.54, 1.807) is 13.0 Å². The van der Waals surface area contributed by atoms with E-state index in [2.05, 4.69) is 5.32 Å².